The standard InChI is InChI=1S/C12H15N5O2/c1-12(2,3)11(18)19-8-17-10(14-15-16-17)9-4-6-13-7-5-9/h4-7H,8H2,1-3H3/p+1. The van der Waals surface area contributed by atoms with Gasteiger partial charge in [0.25, 0.3) is 0 Å². The van der Waals surface area contributed by atoms with Crippen molar-refractivity contribution in [3.05, 3.63) is 24.5 Å². The number of carbonyl (C=O) groups excluding carboxylic acids is 1. The van der Waals surface area contributed by atoms with Crippen LogP contribution in [0.2, 0.25) is 0 Å². The number of H-pyrrole nitrogens is 1. The monoisotopic (exact) mass is 262 g/mol. The van der Waals surface area contributed by atoms with E-state index in [1.807, 2.05) is 0 Å². The topological polar surface area (TPSA) is 84.6 Å². The molecule has 1 N–H and O–H groups in total. The third-order valence-corrected chi connectivity index (χ3v) is 2.44. The lowest BCUT2D eigenvalue weighted by Crippen LogP contribution is -2.41. The molecule has 0 spiro atoms. The molecule has 0 saturated carbocycles. The fraction of sp³-hybridized carbons (Fsp3) is 0.417. The van der Waals surface area contributed by atoms with E-state index in [1.54, 1.807) is 50.0 Å². The molecule has 0 aliphatic heterocycles. The van der Waals surface area contributed by atoms with Crippen LogP contribution in [0.3, 0.4) is 0 Å². The van der Waals surface area contributed by atoms with Gasteiger partial charge in [-0.25, -0.2) is 0 Å². The average molecular weight is 262 g/mol. The van der Waals surface area contributed by atoms with Crippen molar-refractivity contribution >= 4 is 5.97 Å². The van der Waals surface area contributed by atoms with Crippen molar-refractivity contribution in [2.75, 3.05) is 0 Å². The number of esters is 1. The molecule has 7 heteroatoms. The summed E-state index contributed by atoms with van der Waals surface area (Å²) in [5.41, 5.74) is 0.306. The Bertz CT molecular complexity index is 559. The summed E-state index contributed by atoms with van der Waals surface area (Å²) >= 11 is 0. The number of hydrogen-bond donors (Lipinski definition) is 1. The molecule has 7 nitrogen and oxygen atoms in total. The summed E-state index contributed by atoms with van der Waals surface area (Å²) < 4.78 is 6.76. The number of aromatic amines is 1. The van der Waals surface area contributed by atoms with Crippen LogP contribution in [-0.2, 0) is 16.3 Å². The molecule has 2 rings (SSSR count). The molecule has 2 aromatic rings. The fourth-order valence-corrected chi connectivity index (χ4v) is 1.37. The third-order valence-electron chi connectivity index (χ3n) is 2.44. The van der Waals surface area contributed by atoms with E-state index in [0.29, 0.717) is 5.82 Å². The van der Waals surface area contributed by atoms with Gasteiger partial charge in [-0.15, -0.1) is 4.68 Å². The van der Waals surface area contributed by atoms with E-state index in [2.05, 4.69) is 20.5 Å². The van der Waals surface area contributed by atoms with Crippen molar-refractivity contribution in [3.63, 3.8) is 0 Å². The first kappa shape index (κ1) is 13.1. The van der Waals surface area contributed by atoms with Gasteiger partial charge < -0.3 is 4.74 Å². The quantitative estimate of drug-likeness (QED) is 0.650. The molecule has 0 radical (unpaired) electrons. The van der Waals surface area contributed by atoms with Crippen LogP contribution in [0.5, 0.6) is 0 Å². The Morgan fingerprint density at radius 2 is 2.05 bits per heavy atom. The molecule has 0 amide bonds. The first-order valence-corrected chi connectivity index (χ1v) is 5.87. The van der Waals surface area contributed by atoms with E-state index in [-0.39, 0.29) is 12.7 Å². The number of tetrazole rings is 1. The number of hydrogen-bond acceptors (Lipinski definition) is 5. The molecule has 0 aromatic carbocycles. The van der Waals surface area contributed by atoms with E-state index < -0.39 is 5.41 Å². The van der Waals surface area contributed by atoms with Crippen LogP contribution in [0.15, 0.2) is 24.5 Å². The third kappa shape index (κ3) is 3.12. The molecule has 2 heterocycles. The van der Waals surface area contributed by atoms with Gasteiger partial charge in [0.1, 0.15) is 5.10 Å². The van der Waals surface area contributed by atoms with Gasteiger partial charge in [-0.1, -0.05) is 5.21 Å². The highest BCUT2D eigenvalue weighted by molar-refractivity contribution is 5.75. The number of nitrogens with one attached hydrogen (secondary N) is 1. The van der Waals surface area contributed by atoms with Crippen molar-refractivity contribution in [2.45, 2.75) is 27.5 Å². The molecule has 0 saturated heterocycles. The Balaban J connectivity index is 2.11. The van der Waals surface area contributed by atoms with Gasteiger partial charge in [-0.3, -0.25) is 9.78 Å². The Labute approximate surface area is 110 Å². The van der Waals surface area contributed by atoms with E-state index in [4.69, 9.17) is 4.74 Å². The van der Waals surface area contributed by atoms with Crippen LogP contribution in [0.4, 0.5) is 0 Å². The van der Waals surface area contributed by atoms with Crippen molar-refractivity contribution in [2.24, 2.45) is 5.41 Å². The van der Waals surface area contributed by atoms with Crippen molar-refractivity contribution in [1.82, 2.24) is 20.5 Å². The van der Waals surface area contributed by atoms with Gasteiger partial charge in [-0.2, -0.15) is 0 Å². The van der Waals surface area contributed by atoms with Crippen LogP contribution in [0.1, 0.15) is 20.8 Å². The minimum Gasteiger partial charge on any atom is -0.429 e. The zero-order valence-electron chi connectivity index (χ0n) is 11.1. The molecule has 0 atom stereocenters. The summed E-state index contributed by atoms with van der Waals surface area (Å²) in [7, 11) is 0. The SMILES string of the molecule is CC(C)(C)C(=O)OC[n+]1[nH]nnc1-c1ccncc1. The maximum atomic E-state index is 11.7. The van der Waals surface area contributed by atoms with E-state index in [0.717, 1.165) is 5.56 Å². The normalized spacial score (nSPS) is 11.3. The maximum absolute atomic E-state index is 11.7. The predicted octanol–water partition coefficient (Wildman–Crippen LogP) is 0.701. The van der Waals surface area contributed by atoms with Crippen molar-refractivity contribution < 1.29 is 14.2 Å². The summed E-state index contributed by atoms with van der Waals surface area (Å²) in [6.07, 6.45) is 3.32. The Kier molecular flexibility index (Phi) is 3.55. The number of ether oxygens (including phenoxy) is 1. The van der Waals surface area contributed by atoms with Gasteiger partial charge in [0.05, 0.1) is 11.0 Å². The highest BCUT2D eigenvalue weighted by Crippen LogP contribution is 2.15. The number of nitrogens with zero attached hydrogens (tertiary/aromatic N) is 4. The molecule has 0 unspecified atom stereocenters. The van der Waals surface area contributed by atoms with Crippen LogP contribution >= 0.6 is 0 Å². The summed E-state index contributed by atoms with van der Waals surface area (Å²) in [6.45, 7) is 5.44. The lowest BCUT2D eigenvalue weighted by atomic mass is 9.98. The lowest BCUT2D eigenvalue weighted by Gasteiger charge is -2.15. The lowest BCUT2D eigenvalue weighted by molar-refractivity contribution is -0.771. The molecule has 2 aromatic heterocycles. The minimum absolute atomic E-state index is 0.0424. The average Bonchev–Trinajstić information content (AvgIpc) is 2.84. The first-order chi connectivity index (χ1) is 8.98. The van der Waals surface area contributed by atoms with Crippen molar-refractivity contribution in [1.29, 1.82) is 0 Å². The number of aromatic nitrogens is 5. The number of rotatable bonds is 3. The number of carbonyl (C=O) groups is 1. The highest BCUT2D eigenvalue weighted by Gasteiger charge is 2.25. The van der Waals surface area contributed by atoms with Gasteiger partial charge in [0.15, 0.2) is 5.21 Å². The molecule has 19 heavy (non-hydrogen) atoms. The first-order valence-electron chi connectivity index (χ1n) is 5.87. The minimum atomic E-state index is -0.537. The zero-order valence-corrected chi connectivity index (χ0v) is 11.1. The van der Waals surface area contributed by atoms with Gasteiger partial charge in [-0.05, 0) is 32.9 Å². The largest absolute Gasteiger partial charge is 0.429 e. The van der Waals surface area contributed by atoms with E-state index in [9.17, 15) is 4.79 Å². The second-order valence-corrected chi connectivity index (χ2v) is 5.10. The Morgan fingerprint density at radius 3 is 2.68 bits per heavy atom. The van der Waals surface area contributed by atoms with Crippen LogP contribution < -0.4 is 4.68 Å². The Hall–Kier alpha value is -2.31. The van der Waals surface area contributed by atoms with Crippen LogP contribution in [-0.4, -0.2) is 26.5 Å². The van der Waals surface area contributed by atoms with E-state index >= 15 is 0 Å². The summed E-state index contributed by atoms with van der Waals surface area (Å²) in [5.74, 6) is 0.305. The van der Waals surface area contributed by atoms with Gasteiger partial charge >= 0.3 is 11.8 Å². The summed E-state index contributed by atoms with van der Waals surface area (Å²) in [6, 6.07) is 3.61. The molecule has 0 fully saturated rings. The Morgan fingerprint density at radius 1 is 1.37 bits per heavy atom. The summed E-state index contributed by atoms with van der Waals surface area (Å²) in [5, 5.41) is 10.3. The van der Waals surface area contributed by atoms with Crippen LogP contribution in [0.25, 0.3) is 11.4 Å². The molecule has 0 aliphatic carbocycles. The molecular weight excluding hydrogens is 246 g/mol. The second-order valence-electron chi connectivity index (χ2n) is 5.10. The summed E-state index contributed by atoms with van der Waals surface area (Å²) in [4.78, 5) is 15.6. The highest BCUT2D eigenvalue weighted by atomic mass is 16.5. The predicted molar refractivity (Wildman–Crippen MR) is 65.4 cm³/mol. The fourth-order valence-electron chi connectivity index (χ4n) is 1.37. The molecule has 100 valence electrons. The van der Waals surface area contributed by atoms with Gasteiger partial charge in [0.2, 0.25) is 6.73 Å². The van der Waals surface area contributed by atoms with Gasteiger partial charge in [0, 0.05) is 12.4 Å². The second kappa shape index (κ2) is 5.13. The molecular formula is C12H16N5O2+. The smallest absolute Gasteiger partial charge is 0.335 e. The van der Waals surface area contributed by atoms with E-state index in [1.165, 1.54) is 0 Å². The molecule has 0 bridgehead atoms. The van der Waals surface area contributed by atoms with Crippen molar-refractivity contribution in [3.8, 4) is 11.4 Å². The zero-order chi connectivity index (χ0) is 13.9. The molecule has 0 aliphatic rings. The van der Waals surface area contributed by atoms with Crippen LogP contribution in [0, 0.1) is 5.41 Å². The number of pyridine rings is 1. The maximum Gasteiger partial charge on any atom is 0.335 e.